The van der Waals surface area contributed by atoms with E-state index in [0.29, 0.717) is 18.9 Å². The Bertz CT molecular complexity index is 900. The number of piperidine rings is 1. The van der Waals surface area contributed by atoms with Gasteiger partial charge in [-0.3, -0.25) is 4.79 Å². The maximum atomic E-state index is 12.8. The Balaban J connectivity index is 1.42. The number of hydrogen-bond donors (Lipinski definition) is 0. The lowest BCUT2D eigenvalue weighted by Crippen LogP contribution is -2.39. The topological polar surface area (TPSA) is 38.1 Å². The third kappa shape index (κ3) is 3.36. The molecular weight excluding hydrogens is 322 g/mol. The van der Waals surface area contributed by atoms with Crippen molar-refractivity contribution < 1.29 is 4.79 Å². The molecule has 4 nitrogen and oxygen atoms in total. The Hall–Kier alpha value is -2.62. The van der Waals surface area contributed by atoms with Crippen LogP contribution in [0.15, 0.2) is 54.6 Å². The minimum Gasteiger partial charge on any atom is -0.342 e. The van der Waals surface area contributed by atoms with Gasteiger partial charge in [0.2, 0.25) is 5.91 Å². The third-order valence-electron chi connectivity index (χ3n) is 5.44. The van der Waals surface area contributed by atoms with Crippen LogP contribution in [0.25, 0.3) is 11.0 Å². The van der Waals surface area contributed by atoms with Gasteiger partial charge in [0.1, 0.15) is 5.82 Å². The van der Waals surface area contributed by atoms with E-state index < -0.39 is 0 Å². The van der Waals surface area contributed by atoms with Crippen LogP contribution in [0.3, 0.4) is 0 Å². The summed E-state index contributed by atoms with van der Waals surface area (Å²) in [6.45, 7) is 4.42. The zero-order chi connectivity index (χ0) is 17.9. The van der Waals surface area contributed by atoms with Crippen LogP contribution >= 0.6 is 0 Å². The Morgan fingerprint density at radius 1 is 1.12 bits per heavy atom. The van der Waals surface area contributed by atoms with Gasteiger partial charge in [0.25, 0.3) is 0 Å². The molecule has 0 bridgehead atoms. The Morgan fingerprint density at radius 3 is 2.73 bits per heavy atom. The zero-order valence-electron chi connectivity index (χ0n) is 15.3. The smallest absolute Gasteiger partial charge is 0.224 e. The molecule has 1 aliphatic heterocycles. The number of amides is 1. The fourth-order valence-corrected chi connectivity index (χ4v) is 4.04. The first-order valence-corrected chi connectivity index (χ1v) is 9.47. The van der Waals surface area contributed by atoms with Crippen LogP contribution in [0.4, 0.5) is 0 Å². The second-order valence-corrected chi connectivity index (χ2v) is 7.14. The summed E-state index contributed by atoms with van der Waals surface area (Å²) in [6.07, 6.45) is 2.78. The summed E-state index contributed by atoms with van der Waals surface area (Å²) in [6, 6.07) is 18.7. The molecule has 1 fully saturated rings. The molecule has 1 amide bonds. The summed E-state index contributed by atoms with van der Waals surface area (Å²) in [5.74, 6) is 1.69. The van der Waals surface area contributed by atoms with E-state index in [0.717, 1.165) is 36.4 Å². The fraction of sp³-hybridized carbons (Fsp3) is 0.364. The van der Waals surface area contributed by atoms with Gasteiger partial charge in [-0.1, -0.05) is 42.5 Å². The number of nitrogens with zero attached hydrogens (tertiary/aromatic N) is 3. The average molecular weight is 347 g/mol. The number of benzene rings is 2. The van der Waals surface area contributed by atoms with Crippen LogP contribution in [0.5, 0.6) is 0 Å². The van der Waals surface area contributed by atoms with Gasteiger partial charge in [-0.25, -0.2) is 4.98 Å². The molecule has 1 atom stereocenters. The molecule has 4 heteroatoms. The van der Waals surface area contributed by atoms with E-state index in [9.17, 15) is 4.79 Å². The standard InChI is InChI=1S/C22H25N3O/c1-17-23-20-11-5-6-12-21(20)25(17)15-13-22(26)24-14-7-10-19(16-24)18-8-3-2-4-9-18/h2-6,8-9,11-12,19H,7,10,13-16H2,1H3/t19-/m0/s1. The molecule has 134 valence electrons. The molecule has 1 saturated heterocycles. The van der Waals surface area contributed by atoms with Crippen molar-refractivity contribution >= 4 is 16.9 Å². The van der Waals surface area contributed by atoms with Crippen LogP contribution in [0.2, 0.25) is 0 Å². The van der Waals surface area contributed by atoms with Crippen LogP contribution in [-0.2, 0) is 11.3 Å². The molecule has 1 aliphatic rings. The Labute approximate surface area is 154 Å². The molecule has 1 aromatic heterocycles. The van der Waals surface area contributed by atoms with Crippen molar-refractivity contribution in [1.82, 2.24) is 14.5 Å². The van der Waals surface area contributed by atoms with Crippen molar-refractivity contribution in [3.8, 4) is 0 Å². The quantitative estimate of drug-likeness (QED) is 0.711. The van der Waals surface area contributed by atoms with Crippen molar-refractivity contribution in [2.45, 2.75) is 38.6 Å². The van der Waals surface area contributed by atoms with E-state index in [4.69, 9.17) is 0 Å². The number of aryl methyl sites for hydroxylation is 2. The van der Waals surface area contributed by atoms with Crippen LogP contribution < -0.4 is 0 Å². The number of fused-ring (bicyclic) bond motifs is 1. The summed E-state index contributed by atoms with van der Waals surface area (Å²) in [5.41, 5.74) is 3.46. The van der Waals surface area contributed by atoms with E-state index in [-0.39, 0.29) is 5.91 Å². The predicted octanol–water partition coefficient (Wildman–Crippen LogP) is 4.14. The summed E-state index contributed by atoms with van der Waals surface area (Å²) in [4.78, 5) is 19.5. The van der Waals surface area contributed by atoms with Gasteiger partial charge >= 0.3 is 0 Å². The molecule has 2 aromatic carbocycles. The van der Waals surface area contributed by atoms with E-state index in [2.05, 4.69) is 44.8 Å². The highest BCUT2D eigenvalue weighted by molar-refractivity contribution is 5.78. The van der Waals surface area contributed by atoms with Crippen LogP contribution in [-0.4, -0.2) is 33.4 Å². The number of rotatable bonds is 4. The van der Waals surface area contributed by atoms with Crippen LogP contribution in [0.1, 0.15) is 36.6 Å². The first kappa shape index (κ1) is 16.8. The van der Waals surface area contributed by atoms with Gasteiger partial charge in [-0.05, 0) is 37.5 Å². The third-order valence-corrected chi connectivity index (χ3v) is 5.44. The van der Waals surface area contributed by atoms with Gasteiger partial charge in [0, 0.05) is 32.0 Å². The summed E-state index contributed by atoms with van der Waals surface area (Å²) in [5, 5.41) is 0. The minimum absolute atomic E-state index is 0.253. The Kier molecular flexibility index (Phi) is 4.74. The van der Waals surface area contributed by atoms with E-state index in [1.54, 1.807) is 0 Å². The highest BCUT2D eigenvalue weighted by Crippen LogP contribution is 2.27. The van der Waals surface area contributed by atoms with E-state index >= 15 is 0 Å². The predicted molar refractivity (Wildman–Crippen MR) is 104 cm³/mol. The van der Waals surface area contributed by atoms with E-state index in [1.807, 2.05) is 31.2 Å². The maximum Gasteiger partial charge on any atom is 0.224 e. The molecule has 0 unspecified atom stereocenters. The number of aromatic nitrogens is 2. The number of carbonyl (C=O) groups excluding carboxylic acids is 1. The van der Waals surface area contributed by atoms with Crippen molar-refractivity contribution in [3.05, 3.63) is 66.0 Å². The summed E-state index contributed by atoms with van der Waals surface area (Å²) < 4.78 is 2.16. The largest absolute Gasteiger partial charge is 0.342 e. The molecule has 0 spiro atoms. The van der Waals surface area contributed by atoms with Crippen LogP contribution in [0, 0.1) is 6.92 Å². The highest BCUT2D eigenvalue weighted by atomic mass is 16.2. The van der Waals surface area contributed by atoms with Crippen molar-refractivity contribution in [1.29, 1.82) is 0 Å². The fourth-order valence-electron chi connectivity index (χ4n) is 4.04. The molecule has 3 aromatic rings. The van der Waals surface area contributed by atoms with Crippen molar-refractivity contribution in [3.63, 3.8) is 0 Å². The lowest BCUT2D eigenvalue weighted by atomic mass is 9.90. The molecule has 0 aliphatic carbocycles. The first-order valence-electron chi connectivity index (χ1n) is 9.47. The molecule has 0 radical (unpaired) electrons. The van der Waals surface area contributed by atoms with E-state index in [1.165, 1.54) is 12.0 Å². The monoisotopic (exact) mass is 347 g/mol. The number of para-hydroxylation sites is 2. The molecule has 26 heavy (non-hydrogen) atoms. The summed E-state index contributed by atoms with van der Waals surface area (Å²) >= 11 is 0. The zero-order valence-corrected chi connectivity index (χ0v) is 15.3. The lowest BCUT2D eigenvalue weighted by molar-refractivity contribution is -0.132. The molecule has 2 heterocycles. The molecular formula is C22H25N3O. The number of imidazole rings is 1. The normalized spacial score (nSPS) is 17.6. The van der Waals surface area contributed by atoms with Gasteiger partial charge < -0.3 is 9.47 Å². The van der Waals surface area contributed by atoms with Crippen molar-refractivity contribution in [2.75, 3.05) is 13.1 Å². The molecule has 4 rings (SSSR count). The summed E-state index contributed by atoms with van der Waals surface area (Å²) in [7, 11) is 0. The lowest BCUT2D eigenvalue weighted by Gasteiger charge is -2.33. The molecule has 0 saturated carbocycles. The Morgan fingerprint density at radius 2 is 1.88 bits per heavy atom. The maximum absolute atomic E-state index is 12.8. The highest BCUT2D eigenvalue weighted by Gasteiger charge is 2.24. The SMILES string of the molecule is Cc1nc2ccccc2n1CCC(=O)N1CCC[C@H](c2ccccc2)C1. The number of hydrogen-bond acceptors (Lipinski definition) is 2. The average Bonchev–Trinajstić information content (AvgIpc) is 3.02. The number of carbonyl (C=O) groups is 1. The van der Waals surface area contributed by atoms with Gasteiger partial charge in [-0.2, -0.15) is 0 Å². The van der Waals surface area contributed by atoms with Crippen molar-refractivity contribution in [2.24, 2.45) is 0 Å². The second kappa shape index (κ2) is 7.32. The first-order chi connectivity index (χ1) is 12.7. The van der Waals surface area contributed by atoms with Gasteiger partial charge in [0.05, 0.1) is 11.0 Å². The molecule has 0 N–H and O–H groups in total. The van der Waals surface area contributed by atoms with Gasteiger partial charge in [0.15, 0.2) is 0 Å². The second-order valence-electron chi connectivity index (χ2n) is 7.14. The van der Waals surface area contributed by atoms with Gasteiger partial charge in [-0.15, -0.1) is 0 Å². The minimum atomic E-state index is 0.253. The number of likely N-dealkylation sites (tertiary alicyclic amines) is 1.